The highest BCUT2D eigenvalue weighted by atomic mass is 19.1. The van der Waals surface area contributed by atoms with E-state index < -0.39 is 11.6 Å². The summed E-state index contributed by atoms with van der Waals surface area (Å²) in [5.74, 6) is -1.58. The van der Waals surface area contributed by atoms with Crippen molar-refractivity contribution in [2.45, 2.75) is 31.8 Å². The van der Waals surface area contributed by atoms with Gasteiger partial charge in [0.1, 0.15) is 11.6 Å². The highest BCUT2D eigenvalue weighted by Gasteiger charge is 2.20. The Labute approximate surface area is 120 Å². The van der Waals surface area contributed by atoms with Gasteiger partial charge >= 0.3 is 0 Å². The lowest BCUT2D eigenvalue weighted by molar-refractivity contribution is -0.121. The predicted octanol–water partition coefficient (Wildman–Crippen LogP) is 1.83. The first-order valence-corrected chi connectivity index (χ1v) is 6.86. The summed E-state index contributed by atoms with van der Waals surface area (Å²) in [4.78, 5) is 12.0. The maximum absolute atomic E-state index is 13.5. The van der Waals surface area contributed by atoms with E-state index in [1.165, 1.54) is 6.07 Å². The molecule has 1 aromatic heterocycles. The molecule has 110 valence electrons. The summed E-state index contributed by atoms with van der Waals surface area (Å²) in [5, 5.41) is 7.08. The van der Waals surface area contributed by atoms with Gasteiger partial charge in [0.25, 0.3) is 0 Å². The molecule has 1 unspecified atom stereocenters. The zero-order valence-corrected chi connectivity index (χ0v) is 11.4. The Morgan fingerprint density at radius 3 is 3.05 bits per heavy atom. The van der Waals surface area contributed by atoms with E-state index >= 15 is 0 Å². The van der Waals surface area contributed by atoms with Gasteiger partial charge in [0, 0.05) is 37.0 Å². The minimum Gasteiger partial charge on any atom is -0.353 e. The number of carbonyl (C=O) groups excluding carboxylic acids is 1. The van der Waals surface area contributed by atoms with E-state index in [0.717, 1.165) is 37.2 Å². The predicted molar refractivity (Wildman–Crippen MR) is 72.5 cm³/mol. The summed E-state index contributed by atoms with van der Waals surface area (Å²) in [6, 6.07) is 5.22. The highest BCUT2D eigenvalue weighted by Crippen LogP contribution is 2.15. The Balaban J connectivity index is 1.60. The molecule has 1 aliphatic rings. The second kappa shape index (κ2) is 5.63. The van der Waals surface area contributed by atoms with E-state index in [2.05, 4.69) is 10.4 Å². The maximum Gasteiger partial charge on any atom is 0.224 e. The SMILES string of the molecule is O=C(Cc1ccc(F)cc1F)NC1CCn2nccc2C1. The van der Waals surface area contributed by atoms with Gasteiger partial charge in [0.05, 0.1) is 6.42 Å². The van der Waals surface area contributed by atoms with Crippen LogP contribution >= 0.6 is 0 Å². The van der Waals surface area contributed by atoms with Crippen LogP contribution in [-0.4, -0.2) is 21.7 Å². The average molecular weight is 291 g/mol. The number of rotatable bonds is 3. The number of fused-ring (bicyclic) bond motifs is 1. The van der Waals surface area contributed by atoms with E-state index in [-0.39, 0.29) is 23.9 Å². The summed E-state index contributed by atoms with van der Waals surface area (Å²) in [6.45, 7) is 0.762. The molecular formula is C15H15F2N3O. The molecule has 3 rings (SSSR count). The standard InChI is InChI=1S/C15H15F2N3O/c16-11-2-1-10(14(17)8-11)7-15(21)19-12-4-6-20-13(9-12)3-5-18-20/h1-3,5,8,12H,4,6-7,9H2,(H,19,21). The molecule has 1 amide bonds. The van der Waals surface area contributed by atoms with E-state index in [1.807, 2.05) is 10.7 Å². The number of nitrogens with one attached hydrogen (secondary N) is 1. The van der Waals surface area contributed by atoms with Crippen LogP contribution in [-0.2, 0) is 24.2 Å². The van der Waals surface area contributed by atoms with Gasteiger partial charge in [-0.1, -0.05) is 6.07 Å². The van der Waals surface area contributed by atoms with Gasteiger partial charge in [-0.05, 0) is 24.1 Å². The number of amides is 1. The number of hydrogen-bond donors (Lipinski definition) is 1. The van der Waals surface area contributed by atoms with E-state index in [4.69, 9.17) is 0 Å². The smallest absolute Gasteiger partial charge is 0.224 e. The number of aryl methyl sites for hydroxylation is 1. The summed E-state index contributed by atoms with van der Waals surface area (Å²) >= 11 is 0. The van der Waals surface area contributed by atoms with Crippen molar-refractivity contribution in [3.63, 3.8) is 0 Å². The quantitative estimate of drug-likeness (QED) is 0.938. The largest absolute Gasteiger partial charge is 0.353 e. The van der Waals surface area contributed by atoms with Crippen molar-refractivity contribution in [3.05, 3.63) is 53.4 Å². The topological polar surface area (TPSA) is 46.9 Å². The molecular weight excluding hydrogens is 276 g/mol. The lowest BCUT2D eigenvalue weighted by Crippen LogP contribution is -2.41. The van der Waals surface area contributed by atoms with E-state index in [9.17, 15) is 13.6 Å². The molecule has 0 bridgehead atoms. The van der Waals surface area contributed by atoms with Crippen molar-refractivity contribution in [1.82, 2.24) is 15.1 Å². The molecule has 0 saturated carbocycles. The second-order valence-electron chi connectivity index (χ2n) is 5.22. The molecule has 0 radical (unpaired) electrons. The molecule has 0 aliphatic carbocycles. The molecule has 2 aromatic rings. The van der Waals surface area contributed by atoms with Crippen LogP contribution in [0.25, 0.3) is 0 Å². The second-order valence-corrected chi connectivity index (χ2v) is 5.22. The molecule has 0 spiro atoms. The fraction of sp³-hybridized carbons (Fsp3) is 0.333. The number of halogens is 2. The number of benzene rings is 1. The number of carbonyl (C=O) groups is 1. The third-order valence-corrected chi connectivity index (χ3v) is 3.68. The zero-order valence-electron chi connectivity index (χ0n) is 11.4. The average Bonchev–Trinajstić information content (AvgIpc) is 2.89. The molecule has 6 heteroatoms. The van der Waals surface area contributed by atoms with Crippen LogP contribution in [0.5, 0.6) is 0 Å². The summed E-state index contributed by atoms with van der Waals surface area (Å²) < 4.78 is 28.3. The van der Waals surface area contributed by atoms with Crippen LogP contribution in [0.2, 0.25) is 0 Å². The normalized spacial score (nSPS) is 17.3. The van der Waals surface area contributed by atoms with E-state index in [1.54, 1.807) is 6.20 Å². The van der Waals surface area contributed by atoms with Gasteiger partial charge in [-0.2, -0.15) is 5.10 Å². The lowest BCUT2D eigenvalue weighted by atomic mass is 10.0. The molecule has 21 heavy (non-hydrogen) atoms. The minimum atomic E-state index is -0.688. The third-order valence-electron chi connectivity index (χ3n) is 3.68. The van der Waals surface area contributed by atoms with Gasteiger partial charge in [-0.15, -0.1) is 0 Å². The molecule has 2 heterocycles. The Morgan fingerprint density at radius 1 is 1.38 bits per heavy atom. The van der Waals surface area contributed by atoms with Crippen molar-refractivity contribution in [2.24, 2.45) is 0 Å². The van der Waals surface area contributed by atoms with Gasteiger partial charge in [-0.3, -0.25) is 9.48 Å². The van der Waals surface area contributed by atoms with Crippen LogP contribution in [0.3, 0.4) is 0 Å². The third kappa shape index (κ3) is 3.09. The minimum absolute atomic E-state index is 0.0326. The summed E-state index contributed by atoms with van der Waals surface area (Å²) in [6.07, 6.45) is 3.18. The Kier molecular flexibility index (Phi) is 3.68. The number of hydrogen-bond acceptors (Lipinski definition) is 2. The van der Waals surface area contributed by atoms with Gasteiger partial charge < -0.3 is 5.32 Å². The van der Waals surface area contributed by atoms with Gasteiger partial charge in [0.2, 0.25) is 5.91 Å². The van der Waals surface area contributed by atoms with Crippen LogP contribution in [0.4, 0.5) is 8.78 Å². The first kappa shape index (κ1) is 13.7. The monoisotopic (exact) mass is 291 g/mol. The van der Waals surface area contributed by atoms with Crippen molar-refractivity contribution < 1.29 is 13.6 Å². The molecule has 1 N–H and O–H groups in total. The van der Waals surface area contributed by atoms with Crippen molar-refractivity contribution in [2.75, 3.05) is 0 Å². The highest BCUT2D eigenvalue weighted by molar-refractivity contribution is 5.78. The molecule has 1 aromatic carbocycles. The number of nitrogens with zero attached hydrogens (tertiary/aromatic N) is 2. The lowest BCUT2D eigenvalue weighted by Gasteiger charge is -2.24. The molecule has 0 fully saturated rings. The van der Waals surface area contributed by atoms with Crippen LogP contribution < -0.4 is 5.32 Å². The van der Waals surface area contributed by atoms with Crippen LogP contribution in [0, 0.1) is 11.6 Å². The summed E-state index contributed by atoms with van der Waals surface area (Å²) in [5.41, 5.74) is 1.29. The molecule has 1 atom stereocenters. The molecule has 4 nitrogen and oxygen atoms in total. The Hall–Kier alpha value is -2.24. The Bertz CT molecular complexity index is 669. The number of aromatic nitrogens is 2. The first-order valence-electron chi connectivity index (χ1n) is 6.86. The zero-order chi connectivity index (χ0) is 14.8. The van der Waals surface area contributed by atoms with E-state index in [0.29, 0.717) is 0 Å². The van der Waals surface area contributed by atoms with Crippen molar-refractivity contribution in [3.8, 4) is 0 Å². The fourth-order valence-corrected chi connectivity index (χ4v) is 2.61. The van der Waals surface area contributed by atoms with Crippen LogP contribution in [0.1, 0.15) is 17.7 Å². The summed E-state index contributed by atoms with van der Waals surface area (Å²) in [7, 11) is 0. The first-order chi connectivity index (χ1) is 10.1. The van der Waals surface area contributed by atoms with Gasteiger partial charge in [0.15, 0.2) is 0 Å². The molecule has 1 aliphatic heterocycles. The van der Waals surface area contributed by atoms with Crippen molar-refractivity contribution in [1.29, 1.82) is 0 Å². The fourth-order valence-electron chi connectivity index (χ4n) is 2.61. The van der Waals surface area contributed by atoms with Gasteiger partial charge in [-0.25, -0.2) is 8.78 Å². The molecule has 0 saturated heterocycles. The Morgan fingerprint density at radius 2 is 2.24 bits per heavy atom. The van der Waals surface area contributed by atoms with Crippen molar-refractivity contribution >= 4 is 5.91 Å². The van der Waals surface area contributed by atoms with Crippen LogP contribution in [0.15, 0.2) is 30.5 Å². The maximum atomic E-state index is 13.5.